The molecule has 0 fully saturated rings. The Morgan fingerprint density at radius 1 is 1.43 bits per heavy atom. The Balaban J connectivity index is 2.00. The SMILES string of the molecule is CSCC[C@@H](NC(=O)c1ccco1)C(=O)N(C)Cc1ccsc1. The number of thiophene rings is 1. The van der Waals surface area contributed by atoms with Crippen molar-refractivity contribution < 1.29 is 14.0 Å². The molecular weight excluding hydrogens is 332 g/mol. The number of amides is 2. The Kier molecular flexibility index (Phi) is 6.73. The third kappa shape index (κ3) is 5.14. The molecule has 0 radical (unpaired) electrons. The second kappa shape index (κ2) is 8.79. The van der Waals surface area contributed by atoms with E-state index in [4.69, 9.17) is 4.42 Å². The first-order valence-electron chi connectivity index (χ1n) is 7.21. The van der Waals surface area contributed by atoms with E-state index in [9.17, 15) is 9.59 Å². The number of nitrogens with one attached hydrogen (secondary N) is 1. The highest BCUT2D eigenvalue weighted by molar-refractivity contribution is 7.98. The smallest absolute Gasteiger partial charge is 0.287 e. The second-order valence-electron chi connectivity index (χ2n) is 5.11. The molecular formula is C16H20N2O3S2. The Morgan fingerprint density at radius 3 is 2.87 bits per heavy atom. The van der Waals surface area contributed by atoms with Crippen LogP contribution in [0.15, 0.2) is 39.6 Å². The lowest BCUT2D eigenvalue weighted by atomic mass is 10.1. The molecule has 0 aromatic carbocycles. The maximum atomic E-state index is 12.7. The lowest BCUT2D eigenvalue weighted by Gasteiger charge is -2.24. The van der Waals surface area contributed by atoms with Crippen LogP contribution in [-0.2, 0) is 11.3 Å². The molecule has 2 amide bonds. The first-order valence-corrected chi connectivity index (χ1v) is 9.55. The summed E-state index contributed by atoms with van der Waals surface area (Å²) in [5.74, 6) is 0.553. The average Bonchev–Trinajstić information content (AvgIpc) is 3.23. The van der Waals surface area contributed by atoms with Gasteiger partial charge >= 0.3 is 0 Å². The van der Waals surface area contributed by atoms with E-state index in [-0.39, 0.29) is 17.6 Å². The minimum Gasteiger partial charge on any atom is -0.459 e. The summed E-state index contributed by atoms with van der Waals surface area (Å²) >= 11 is 3.25. The van der Waals surface area contributed by atoms with Crippen molar-refractivity contribution in [1.82, 2.24) is 10.2 Å². The molecule has 0 saturated heterocycles. The number of hydrogen-bond donors (Lipinski definition) is 1. The molecule has 2 heterocycles. The summed E-state index contributed by atoms with van der Waals surface area (Å²) in [6.45, 7) is 0.536. The third-order valence-electron chi connectivity index (χ3n) is 3.34. The fourth-order valence-electron chi connectivity index (χ4n) is 2.13. The molecule has 2 aromatic rings. The standard InChI is InChI=1S/C16H20N2O3S2/c1-18(10-12-5-9-23-11-12)16(20)13(6-8-22-2)17-15(19)14-4-3-7-21-14/h3-5,7,9,11,13H,6,8,10H2,1-2H3,(H,17,19)/t13-/m1/s1. The first-order chi connectivity index (χ1) is 11.1. The van der Waals surface area contributed by atoms with E-state index in [0.29, 0.717) is 13.0 Å². The molecule has 0 aliphatic carbocycles. The highest BCUT2D eigenvalue weighted by Gasteiger charge is 2.25. The molecule has 124 valence electrons. The van der Waals surface area contributed by atoms with Crippen LogP contribution in [0.4, 0.5) is 0 Å². The van der Waals surface area contributed by atoms with Gasteiger partial charge in [0, 0.05) is 13.6 Å². The average molecular weight is 352 g/mol. The molecule has 23 heavy (non-hydrogen) atoms. The van der Waals surface area contributed by atoms with Gasteiger partial charge in [-0.2, -0.15) is 23.1 Å². The van der Waals surface area contributed by atoms with Gasteiger partial charge in [-0.25, -0.2) is 0 Å². The number of rotatable bonds is 8. The predicted molar refractivity (Wildman–Crippen MR) is 93.8 cm³/mol. The van der Waals surface area contributed by atoms with E-state index in [1.807, 2.05) is 23.1 Å². The fourth-order valence-corrected chi connectivity index (χ4v) is 3.26. The third-order valence-corrected chi connectivity index (χ3v) is 4.71. The minimum absolute atomic E-state index is 0.0924. The summed E-state index contributed by atoms with van der Waals surface area (Å²) in [7, 11) is 1.76. The van der Waals surface area contributed by atoms with E-state index < -0.39 is 6.04 Å². The van der Waals surface area contributed by atoms with Crippen LogP contribution in [0.25, 0.3) is 0 Å². The summed E-state index contributed by atoms with van der Waals surface area (Å²) < 4.78 is 5.09. The van der Waals surface area contributed by atoms with Gasteiger partial charge in [-0.3, -0.25) is 9.59 Å². The van der Waals surface area contributed by atoms with Gasteiger partial charge in [-0.05, 0) is 53.0 Å². The number of thioether (sulfide) groups is 1. The molecule has 0 spiro atoms. The van der Waals surface area contributed by atoms with Gasteiger partial charge in [-0.15, -0.1) is 0 Å². The van der Waals surface area contributed by atoms with Crippen molar-refractivity contribution in [2.75, 3.05) is 19.1 Å². The molecule has 7 heteroatoms. The normalized spacial score (nSPS) is 11.9. The van der Waals surface area contributed by atoms with Crippen molar-refractivity contribution in [1.29, 1.82) is 0 Å². The molecule has 0 aliphatic rings. The molecule has 5 nitrogen and oxygen atoms in total. The lowest BCUT2D eigenvalue weighted by Crippen LogP contribution is -2.47. The molecule has 2 aromatic heterocycles. The lowest BCUT2D eigenvalue weighted by molar-refractivity contribution is -0.132. The van der Waals surface area contributed by atoms with Crippen molar-refractivity contribution in [2.24, 2.45) is 0 Å². The fraction of sp³-hybridized carbons (Fsp3) is 0.375. The van der Waals surface area contributed by atoms with Crippen LogP contribution in [0.5, 0.6) is 0 Å². The molecule has 2 rings (SSSR count). The van der Waals surface area contributed by atoms with Gasteiger partial charge in [0.2, 0.25) is 5.91 Å². The quantitative estimate of drug-likeness (QED) is 0.793. The zero-order valence-corrected chi connectivity index (χ0v) is 14.8. The highest BCUT2D eigenvalue weighted by Crippen LogP contribution is 2.11. The second-order valence-corrected chi connectivity index (χ2v) is 6.88. The van der Waals surface area contributed by atoms with Gasteiger partial charge in [0.25, 0.3) is 5.91 Å². The summed E-state index contributed by atoms with van der Waals surface area (Å²) in [4.78, 5) is 26.4. The summed E-state index contributed by atoms with van der Waals surface area (Å²) in [5.41, 5.74) is 1.09. The Labute approximate surface area is 144 Å². The zero-order chi connectivity index (χ0) is 16.7. The first kappa shape index (κ1) is 17.6. The van der Waals surface area contributed by atoms with E-state index >= 15 is 0 Å². The Bertz CT molecular complexity index is 611. The number of hydrogen-bond acceptors (Lipinski definition) is 5. The van der Waals surface area contributed by atoms with Gasteiger partial charge in [0.05, 0.1) is 6.26 Å². The summed E-state index contributed by atoms with van der Waals surface area (Å²) in [5, 5.41) is 6.78. The topological polar surface area (TPSA) is 62.6 Å². The van der Waals surface area contributed by atoms with Crippen LogP contribution < -0.4 is 5.32 Å². The van der Waals surface area contributed by atoms with E-state index in [1.54, 1.807) is 47.2 Å². The summed E-state index contributed by atoms with van der Waals surface area (Å²) in [6.07, 6.45) is 4.00. The molecule has 1 atom stereocenters. The van der Waals surface area contributed by atoms with Crippen molar-refractivity contribution in [3.05, 3.63) is 46.5 Å². The van der Waals surface area contributed by atoms with Gasteiger partial charge in [0.15, 0.2) is 5.76 Å². The van der Waals surface area contributed by atoms with Crippen LogP contribution in [0.2, 0.25) is 0 Å². The van der Waals surface area contributed by atoms with Crippen LogP contribution >= 0.6 is 23.1 Å². The largest absolute Gasteiger partial charge is 0.459 e. The van der Waals surface area contributed by atoms with Crippen molar-refractivity contribution in [2.45, 2.75) is 19.0 Å². The van der Waals surface area contributed by atoms with Crippen LogP contribution in [0.3, 0.4) is 0 Å². The summed E-state index contributed by atoms with van der Waals surface area (Å²) in [6, 6.07) is 4.67. The minimum atomic E-state index is -0.552. The monoisotopic (exact) mass is 352 g/mol. The maximum Gasteiger partial charge on any atom is 0.287 e. The zero-order valence-electron chi connectivity index (χ0n) is 13.2. The van der Waals surface area contributed by atoms with Crippen LogP contribution in [-0.4, -0.2) is 41.8 Å². The number of nitrogens with zero attached hydrogens (tertiary/aromatic N) is 1. The molecule has 0 saturated carbocycles. The van der Waals surface area contributed by atoms with Crippen molar-refractivity contribution >= 4 is 34.9 Å². The number of carbonyl (C=O) groups excluding carboxylic acids is 2. The van der Waals surface area contributed by atoms with Crippen LogP contribution in [0.1, 0.15) is 22.5 Å². The Hall–Kier alpha value is -1.73. The van der Waals surface area contributed by atoms with Crippen molar-refractivity contribution in [3.63, 3.8) is 0 Å². The van der Waals surface area contributed by atoms with E-state index in [0.717, 1.165) is 11.3 Å². The van der Waals surface area contributed by atoms with E-state index in [2.05, 4.69) is 5.32 Å². The predicted octanol–water partition coefficient (Wildman–Crippen LogP) is 2.85. The van der Waals surface area contributed by atoms with E-state index in [1.165, 1.54) is 6.26 Å². The number of furan rings is 1. The molecule has 0 bridgehead atoms. The van der Waals surface area contributed by atoms with Gasteiger partial charge in [-0.1, -0.05) is 0 Å². The van der Waals surface area contributed by atoms with Crippen LogP contribution in [0, 0.1) is 0 Å². The van der Waals surface area contributed by atoms with Gasteiger partial charge in [0.1, 0.15) is 6.04 Å². The maximum absolute atomic E-state index is 12.7. The van der Waals surface area contributed by atoms with Gasteiger partial charge < -0.3 is 14.6 Å². The number of carbonyl (C=O) groups is 2. The molecule has 0 unspecified atom stereocenters. The van der Waals surface area contributed by atoms with Crippen molar-refractivity contribution in [3.8, 4) is 0 Å². The highest BCUT2D eigenvalue weighted by atomic mass is 32.2. The number of likely N-dealkylation sites (N-methyl/N-ethyl adjacent to an activating group) is 1. The Morgan fingerprint density at radius 2 is 2.26 bits per heavy atom. The molecule has 1 N–H and O–H groups in total. The molecule has 0 aliphatic heterocycles.